The number of halogens is 1. The molecule has 20 heavy (non-hydrogen) atoms. The van der Waals surface area contributed by atoms with Crippen LogP contribution in [0.2, 0.25) is 0 Å². The number of carbonyl (C=O) groups excluding carboxylic acids is 1. The molecule has 0 spiro atoms. The van der Waals surface area contributed by atoms with Crippen LogP contribution in [-0.4, -0.2) is 18.1 Å². The Morgan fingerprint density at radius 3 is 2.90 bits per heavy atom. The number of esters is 1. The van der Waals surface area contributed by atoms with Crippen molar-refractivity contribution in [1.29, 1.82) is 0 Å². The van der Waals surface area contributed by atoms with Crippen LogP contribution in [0.5, 0.6) is 5.88 Å². The van der Waals surface area contributed by atoms with E-state index < -0.39 is 5.97 Å². The first-order valence-electron chi connectivity index (χ1n) is 5.82. The Labute approximate surface area is 124 Å². The molecule has 1 heterocycles. The summed E-state index contributed by atoms with van der Waals surface area (Å²) in [4.78, 5) is 15.5. The van der Waals surface area contributed by atoms with Gasteiger partial charge in [0, 0.05) is 10.7 Å². The van der Waals surface area contributed by atoms with Crippen molar-refractivity contribution < 1.29 is 14.3 Å². The van der Waals surface area contributed by atoms with E-state index in [0.717, 1.165) is 10.0 Å². The molecule has 2 rings (SSSR count). The van der Waals surface area contributed by atoms with Gasteiger partial charge in [-0.25, -0.2) is 9.78 Å². The molecule has 0 aliphatic carbocycles. The van der Waals surface area contributed by atoms with Crippen LogP contribution in [0.4, 0.5) is 5.69 Å². The summed E-state index contributed by atoms with van der Waals surface area (Å²) in [6.45, 7) is 0.307. The van der Waals surface area contributed by atoms with Crippen molar-refractivity contribution in [2.24, 2.45) is 0 Å². The maximum absolute atomic E-state index is 11.5. The number of methoxy groups -OCH3 is 1. The van der Waals surface area contributed by atoms with Crippen LogP contribution in [0.3, 0.4) is 0 Å². The fraction of sp³-hybridized carbons (Fsp3) is 0.143. The number of rotatable bonds is 4. The number of carbonyl (C=O) groups is 1. The minimum atomic E-state index is -0.516. The number of nitrogens with two attached hydrogens (primary N) is 1. The summed E-state index contributed by atoms with van der Waals surface area (Å²) in [5.74, 6) is -0.301. The number of nitrogens with zero attached hydrogens (tertiary/aromatic N) is 1. The van der Waals surface area contributed by atoms with Crippen LogP contribution in [0, 0.1) is 0 Å². The largest absolute Gasteiger partial charge is 0.471 e. The average molecular weight is 337 g/mol. The number of hydrogen-bond donors (Lipinski definition) is 1. The van der Waals surface area contributed by atoms with Gasteiger partial charge in [0.05, 0.1) is 12.7 Å². The summed E-state index contributed by atoms with van der Waals surface area (Å²) in [6.07, 6.45) is 1.46. The molecule has 1 aromatic carbocycles. The zero-order valence-electron chi connectivity index (χ0n) is 10.8. The second-order valence-corrected chi connectivity index (χ2v) is 4.90. The van der Waals surface area contributed by atoms with Crippen LogP contribution in [-0.2, 0) is 11.3 Å². The van der Waals surface area contributed by atoms with E-state index in [-0.39, 0.29) is 17.1 Å². The molecular weight excluding hydrogens is 324 g/mol. The van der Waals surface area contributed by atoms with Gasteiger partial charge < -0.3 is 15.2 Å². The summed E-state index contributed by atoms with van der Waals surface area (Å²) in [6, 6.07) is 9.18. The topological polar surface area (TPSA) is 74.4 Å². The molecule has 2 aromatic rings. The third-order valence-electron chi connectivity index (χ3n) is 2.62. The van der Waals surface area contributed by atoms with E-state index >= 15 is 0 Å². The molecule has 0 aliphatic heterocycles. The molecule has 1 aromatic heterocycles. The quantitative estimate of drug-likeness (QED) is 0.869. The molecule has 0 unspecified atom stereocenters. The van der Waals surface area contributed by atoms with Crippen LogP contribution in [0.1, 0.15) is 15.9 Å². The number of aromatic nitrogens is 1. The van der Waals surface area contributed by atoms with Gasteiger partial charge in [-0.3, -0.25) is 0 Å². The highest BCUT2D eigenvalue weighted by molar-refractivity contribution is 9.10. The zero-order valence-corrected chi connectivity index (χ0v) is 12.4. The zero-order chi connectivity index (χ0) is 14.5. The summed E-state index contributed by atoms with van der Waals surface area (Å²) in [5, 5.41) is 0. The number of ether oxygens (including phenoxy) is 2. The minimum Gasteiger partial charge on any atom is -0.471 e. The monoisotopic (exact) mass is 336 g/mol. The van der Waals surface area contributed by atoms with Gasteiger partial charge in [-0.15, -0.1) is 0 Å². The average Bonchev–Trinajstić information content (AvgIpc) is 2.45. The van der Waals surface area contributed by atoms with Gasteiger partial charge in [0.15, 0.2) is 0 Å². The van der Waals surface area contributed by atoms with E-state index in [4.69, 9.17) is 10.5 Å². The molecule has 0 atom stereocenters. The smallest absolute Gasteiger partial charge is 0.340 e. The van der Waals surface area contributed by atoms with E-state index in [1.807, 2.05) is 24.3 Å². The van der Waals surface area contributed by atoms with Gasteiger partial charge in [0.1, 0.15) is 12.3 Å². The Bertz CT molecular complexity index is 632. The fourth-order valence-corrected chi connectivity index (χ4v) is 2.08. The Kier molecular flexibility index (Phi) is 4.57. The van der Waals surface area contributed by atoms with Gasteiger partial charge in [-0.2, -0.15) is 0 Å². The lowest BCUT2D eigenvalue weighted by molar-refractivity contribution is 0.0601. The molecule has 0 saturated carbocycles. The number of pyridine rings is 1. The normalized spacial score (nSPS) is 10.1. The minimum absolute atomic E-state index is 0.175. The van der Waals surface area contributed by atoms with Crippen molar-refractivity contribution in [3.05, 3.63) is 52.1 Å². The van der Waals surface area contributed by atoms with Crippen molar-refractivity contribution >= 4 is 27.6 Å². The second kappa shape index (κ2) is 6.38. The van der Waals surface area contributed by atoms with Crippen molar-refractivity contribution in [3.8, 4) is 5.88 Å². The molecule has 0 fully saturated rings. The molecule has 6 heteroatoms. The third-order valence-corrected chi connectivity index (χ3v) is 3.12. The van der Waals surface area contributed by atoms with Crippen molar-refractivity contribution in [2.75, 3.05) is 12.8 Å². The Hall–Kier alpha value is -2.08. The van der Waals surface area contributed by atoms with Crippen LogP contribution in [0.25, 0.3) is 0 Å². The van der Waals surface area contributed by atoms with Gasteiger partial charge in [0.2, 0.25) is 5.88 Å². The Balaban J connectivity index is 2.16. The lowest BCUT2D eigenvalue weighted by atomic mass is 10.2. The standard InChI is InChI=1S/C14H13BrN2O3/c1-19-14(18)11-5-6-17-13(12(11)16)20-8-9-3-2-4-10(15)7-9/h2-7H,8,16H2,1H3. The maximum atomic E-state index is 11.5. The van der Waals surface area contributed by atoms with Gasteiger partial charge in [-0.05, 0) is 23.8 Å². The summed E-state index contributed by atoms with van der Waals surface area (Å²) in [7, 11) is 1.30. The number of benzene rings is 1. The van der Waals surface area contributed by atoms with E-state index in [1.54, 1.807) is 0 Å². The fourth-order valence-electron chi connectivity index (χ4n) is 1.64. The predicted molar refractivity (Wildman–Crippen MR) is 78.5 cm³/mol. The maximum Gasteiger partial charge on any atom is 0.340 e. The molecule has 0 radical (unpaired) electrons. The van der Waals surface area contributed by atoms with E-state index in [1.165, 1.54) is 19.4 Å². The molecular formula is C14H13BrN2O3. The van der Waals surface area contributed by atoms with Crippen LogP contribution < -0.4 is 10.5 Å². The van der Waals surface area contributed by atoms with E-state index in [0.29, 0.717) is 6.61 Å². The van der Waals surface area contributed by atoms with Gasteiger partial charge in [0.25, 0.3) is 0 Å². The molecule has 0 saturated heterocycles. The van der Waals surface area contributed by atoms with Crippen molar-refractivity contribution in [2.45, 2.75) is 6.61 Å². The number of hydrogen-bond acceptors (Lipinski definition) is 5. The van der Waals surface area contributed by atoms with E-state index in [9.17, 15) is 4.79 Å². The summed E-state index contributed by atoms with van der Waals surface area (Å²) >= 11 is 3.39. The van der Waals surface area contributed by atoms with Crippen LogP contribution in [0.15, 0.2) is 41.0 Å². The van der Waals surface area contributed by atoms with Gasteiger partial charge >= 0.3 is 5.97 Å². The molecule has 0 aliphatic rings. The first-order chi connectivity index (χ1) is 9.61. The van der Waals surface area contributed by atoms with Gasteiger partial charge in [-0.1, -0.05) is 28.1 Å². The highest BCUT2D eigenvalue weighted by atomic mass is 79.9. The molecule has 0 amide bonds. The summed E-state index contributed by atoms with van der Waals surface area (Å²) < 4.78 is 11.2. The highest BCUT2D eigenvalue weighted by Crippen LogP contribution is 2.24. The van der Waals surface area contributed by atoms with Crippen LogP contribution >= 0.6 is 15.9 Å². The van der Waals surface area contributed by atoms with E-state index in [2.05, 4.69) is 25.7 Å². The second-order valence-electron chi connectivity index (χ2n) is 3.99. The predicted octanol–water partition coefficient (Wildman–Crippen LogP) is 2.79. The number of nitrogen functional groups attached to an aromatic ring is 1. The summed E-state index contributed by atoms with van der Waals surface area (Å²) in [5.41, 5.74) is 7.24. The first kappa shape index (κ1) is 14.3. The first-order valence-corrected chi connectivity index (χ1v) is 6.61. The van der Waals surface area contributed by atoms with Crippen molar-refractivity contribution in [1.82, 2.24) is 4.98 Å². The Morgan fingerprint density at radius 1 is 1.40 bits per heavy atom. The lowest BCUT2D eigenvalue weighted by Gasteiger charge is -2.10. The Morgan fingerprint density at radius 2 is 2.20 bits per heavy atom. The lowest BCUT2D eigenvalue weighted by Crippen LogP contribution is -2.09. The molecule has 0 bridgehead atoms. The number of anilines is 1. The highest BCUT2D eigenvalue weighted by Gasteiger charge is 2.14. The molecule has 104 valence electrons. The SMILES string of the molecule is COC(=O)c1ccnc(OCc2cccc(Br)c2)c1N. The van der Waals surface area contributed by atoms with Crippen molar-refractivity contribution in [3.63, 3.8) is 0 Å². The third kappa shape index (κ3) is 3.27. The molecule has 5 nitrogen and oxygen atoms in total. The molecule has 2 N–H and O–H groups in total.